The van der Waals surface area contributed by atoms with E-state index in [0.29, 0.717) is 5.92 Å². The number of nitrogens with zero attached hydrogens (tertiary/aromatic N) is 2. The highest BCUT2D eigenvalue weighted by molar-refractivity contribution is 6.10. The fourth-order valence-electron chi connectivity index (χ4n) is 5.90. The van der Waals surface area contributed by atoms with Crippen LogP contribution < -0.4 is 4.90 Å². The number of carbonyl (C=O) groups excluding carboxylic acids is 1. The van der Waals surface area contributed by atoms with Gasteiger partial charge in [0.2, 0.25) is 5.91 Å². The number of amides is 1. The molecule has 1 amide bonds. The molecular formula is C30H35ClN2O. The summed E-state index contributed by atoms with van der Waals surface area (Å²) in [6.45, 7) is 6.05. The maximum atomic E-state index is 14.1. The molecule has 1 fully saturated rings. The van der Waals surface area contributed by atoms with Crippen LogP contribution in [0.2, 0.25) is 0 Å². The summed E-state index contributed by atoms with van der Waals surface area (Å²) in [5, 5.41) is 0. The minimum atomic E-state index is -0.594. The second-order valence-electron chi connectivity index (χ2n) is 9.52. The van der Waals surface area contributed by atoms with Gasteiger partial charge >= 0.3 is 0 Å². The first-order valence-electron chi connectivity index (χ1n) is 12.5. The Kier molecular flexibility index (Phi) is 7.75. The third-order valence-corrected chi connectivity index (χ3v) is 7.64. The number of para-hydroxylation sites is 1. The highest BCUT2D eigenvalue weighted by Gasteiger charge is 2.51. The van der Waals surface area contributed by atoms with Gasteiger partial charge in [-0.15, -0.1) is 12.4 Å². The molecule has 3 nitrogen and oxygen atoms in total. The summed E-state index contributed by atoms with van der Waals surface area (Å²) in [6, 6.07) is 29.8. The van der Waals surface area contributed by atoms with E-state index in [-0.39, 0.29) is 18.3 Å². The lowest BCUT2D eigenvalue weighted by Gasteiger charge is -2.36. The molecule has 34 heavy (non-hydrogen) atoms. The van der Waals surface area contributed by atoms with Crippen molar-refractivity contribution in [2.24, 2.45) is 0 Å². The van der Waals surface area contributed by atoms with Gasteiger partial charge in [0.25, 0.3) is 0 Å². The van der Waals surface area contributed by atoms with Gasteiger partial charge in [-0.3, -0.25) is 4.79 Å². The average molecular weight is 475 g/mol. The van der Waals surface area contributed by atoms with E-state index in [9.17, 15) is 4.79 Å². The first-order chi connectivity index (χ1) is 16.2. The van der Waals surface area contributed by atoms with Crippen LogP contribution in [-0.4, -0.2) is 37.0 Å². The molecule has 1 saturated heterocycles. The van der Waals surface area contributed by atoms with Gasteiger partial charge in [0, 0.05) is 12.2 Å². The molecule has 5 rings (SSSR count). The van der Waals surface area contributed by atoms with Crippen LogP contribution in [0, 0.1) is 0 Å². The van der Waals surface area contributed by atoms with Crippen LogP contribution in [-0.2, 0) is 10.2 Å². The minimum absolute atomic E-state index is 0. The normalized spacial score (nSPS) is 20.7. The largest absolute Gasteiger partial charge is 0.311 e. The molecular weight excluding hydrogens is 440 g/mol. The Morgan fingerprint density at radius 2 is 1.44 bits per heavy atom. The molecule has 0 spiro atoms. The molecule has 0 aliphatic carbocycles. The van der Waals surface area contributed by atoms with Crippen molar-refractivity contribution < 1.29 is 4.79 Å². The molecule has 3 aromatic carbocycles. The Morgan fingerprint density at radius 3 is 2.12 bits per heavy atom. The van der Waals surface area contributed by atoms with Gasteiger partial charge in [-0.05, 0) is 74.0 Å². The van der Waals surface area contributed by atoms with Gasteiger partial charge in [0.15, 0.2) is 0 Å². The Morgan fingerprint density at radius 1 is 0.824 bits per heavy atom. The van der Waals surface area contributed by atoms with Crippen molar-refractivity contribution in [3.8, 4) is 0 Å². The van der Waals surface area contributed by atoms with Crippen molar-refractivity contribution in [1.29, 1.82) is 0 Å². The van der Waals surface area contributed by atoms with Crippen molar-refractivity contribution in [2.45, 2.75) is 43.9 Å². The molecule has 0 saturated carbocycles. The molecule has 2 heterocycles. The SMILES string of the molecule is CCCN1C(=O)C(CCN2CCC(c3ccccc3)CC2)(c2ccccc2)c2ccccc21.Cl. The first kappa shape index (κ1) is 24.5. The zero-order chi connectivity index (χ0) is 22.7. The predicted molar refractivity (Wildman–Crippen MR) is 143 cm³/mol. The zero-order valence-corrected chi connectivity index (χ0v) is 20.8. The Balaban J connectivity index is 0.00000274. The lowest BCUT2D eigenvalue weighted by atomic mass is 9.72. The lowest BCUT2D eigenvalue weighted by Crippen LogP contribution is -2.44. The topological polar surface area (TPSA) is 23.6 Å². The van der Waals surface area contributed by atoms with Crippen molar-refractivity contribution >= 4 is 24.0 Å². The molecule has 178 valence electrons. The van der Waals surface area contributed by atoms with Gasteiger partial charge in [0.05, 0.1) is 0 Å². The summed E-state index contributed by atoms with van der Waals surface area (Å²) >= 11 is 0. The fraction of sp³-hybridized carbons (Fsp3) is 0.367. The van der Waals surface area contributed by atoms with Crippen LogP contribution >= 0.6 is 12.4 Å². The maximum Gasteiger partial charge on any atom is 0.242 e. The number of benzene rings is 3. The number of halogens is 1. The number of piperidine rings is 1. The zero-order valence-electron chi connectivity index (χ0n) is 20.0. The van der Waals surface area contributed by atoms with Crippen LogP contribution in [0.25, 0.3) is 0 Å². The van der Waals surface area contributed by atoms with Crippen LogP contribution in [0.4, 0.5) is 5.69 Å². The highest BCUT2D eigenvalue weighted by Crippen LogP contribution is 2.48. The summed E-state index contributed by atoms with van der Waals surface area (Å²) in [5.41, 5.74) is 4.27. The quantitative estimate of drug-likeness (QED) is 0.394. The standard InChI is InChI=1S/C30H34N2O.ClH/c1-2-20-32-28-16-10-9-15-27(28)30(29(32)33,26-13-7-4-8-14-26)19-23-31-21-17-25(18-22-31)24-11-5-3-6-12-24;/h3-16,25H,2,17-23H2,1H3;1H. The number of fused-ring (bicyclic) bond motifs is 1. The van der Waals surface area contributed by atoms with Crippen LogP contribution in [0.5, 0.6) is 0 Å². The van der Waals surface area contributed by atoms with E-state index in [4.69, 9.17) is 0 Å². The van der Waals surface area contributed by atoms with Crippen LogP contribution in [0.15, 0.2) is 84.9 Å². The van der Waals surface area contributed by atoms with Crippen molar-refractivity contribution in [3.63, 3.8) is 0 Å². The first-order valence-corrected chi connectivity index (χ1v) is 12.5. The number of hydrogen-bond acceptors (Lipinski definition) is 2. The maximum absolute atomic E-state index is 14.1. The van der Waals surface area contributed by atoms with E-state index in [1.165, 1.54) is 24.0 Å². The second-order valence-corrected chi connectivity index (χ2v) is 9.52. The minimum Gasteiger partial charge on any atom is -0.311 e. The summed E-state index contributed by atoms with van der Waals surface area (Å²) in [6.07, 6.45) is 4.16. The third kappa shape index (κ3) is 4.39. The Bertz CT molecular complexity index is 1080. The number of anilines is 1. The molecule has 3 aromatic rings. The number of carbonyl (C=O) groups is 1. The molecule has 4 heteroatoms. The Labute approximate surface area is 210 Å². The third-order valence-electron chi connectivity index (χ3n) is 7.64. The highest BCUT2D eigenvalue weighted by atomic mass is 35.5. The second kappa shape index (κ2) is 10.8. The van der Waals surface area contributed by atoms with E-state index in [0.717, 1.165) is 50.3 Å². The van der Waals surface area contributed by atoms with E-state index in [1.54, 1.807) is 0 Å². The molecule has 0 radical (unpaired) electrons. The number of likely N-dealkylation sites (tertiary alicyclic amines) is 1. The molecule has 2 aliphatic rings. The van der Waals surface area contributed by atoms with Crippen LogP contribution in [0.3, 0.4) is 0 Å². The molecule has 1 unspecified atom stereocenters. The summed E-state index contributed by atoms with van der Waals surface area (Å²) in [5.74, 6) is 0.898. The molecule has 0 N–H and O–H groups in total. The average Bonchev–Trinajstić information content (AvgIpc) is 3.12. The van der Waals surface area contributed by atoms with Crippen LogP contribution in [0.1, 0.15) is 55.2 Å². The van der Waals surface area contributed by atoms with Gasteiger partial charge < -0.3 is 9.80 Å². The van der Waals surface area contributed by atoms with Crippen molar-refractivity contribution in [1.82, 2.24) is 4.90 Å². The molecule has 1 atom stereocenters. The summed E-state index contributed by atoms with van der Waals surface area (Å²) < 4.78 is 0. The monoisotopic (exact) mass is 474 g/mol. The molecule has 0 bridgehead atoms. The molecule has 0 aromatic heterocycles. The fourth-order valence-corrected chi connectivity index (χ4v) is 5.90. The Hall–Kier alpha value is -2.62. The smallest absolute Gasteiger partial charge is 0.242 e. The van der Waals surface area contributed by atoms with E-state index < -0.39 is 5.41 Å². The van der Waals surface area contributed by atoms with Gasteiger partial charge in [-0.25, -0.2) is 0 Å². The van der Waals surface area contributed by atoms with Gasteiger partial charge in [0.1, 0.15) is 5.41 Å². The lowest BCUT2D eigenvalue weighted by molar-refractivity contribution is -0.122. The van der Waals surface area contributed by atoms with E-state index in [2.05, 4.69) is 90.7 Å². The van der Waals surface area contributed by atoms with E-state index in [1.807, 2.05) is 11.0 Å². The van der Waals surface area contributed by atoms with Gasteiger partial charge in [-0.1, -0.05) is 85.8 Å². The number of hydrogen-bond donors (Lipinski definition) is 0. The predicted octanol–water partition coefficient (Wildman–Crippen LogP) is 6.42. The summed E-state index contributed by atoms with van der Waals surface area (Å²) in [4.78, 5) is 18.7. The summed E-state index contributed by atoms with van der Waals surface area (Å²) in [7, 11) is 0. The molecule has 2 aliphatic heterocycles. The van der Waals surface area contributed by atoms with Crippen molar-refractivity contribution in [2.75, 3.05) is 31.1 Å². The van der Waals surface area contributed by atoms with Gasteiger partial charge in [-0.2, -0.15) is 0 Å². The van der Waals surface area contributed by atoms with Crippen molar-refractivity contribution in [3.05, 3.63) is 102 Å². The number of rotatable bonds is 7. The van der Waals surface area contributed by atoms with E-state index >= 15 is 0 Å².